The van der Waals surface area contributed by atoms with Crippen LogP contribution in [0.25, 0.3) is 16.9 Å². The highest BCUT2D eigenvalue weighted by Crippen LogP contribution is 2.35. The summed E-state index contributed by atoms with van der Waals surface area (Å²) in [5.74, 6) is 0.728. The molecule has 2 aromatic carbocycles. The number of benzene rings is 2. The zero-order valence-electron chi connectivity index (χ0n) is 17.6. The Morgan fingerprint density at radius 1 is 1.14 bits per heavy atom. The Morgan fingerprint density at radius 3 is 2.55 bits per heavy atom. The van der Waals surface area contributed by atoms with Gasteiger partial charge in [-0.15, -0.1) is 0 Å². The molecule has 3 nitrogen and oxygen atoms in total. The number of hydrogen-bond acceptors (Lipinski definition) is 1. The summed E-state index contributed by atoms with van der Waals surface area (Å²) in [6, 6.07) is 21.2. The summed E-state index contributed by atoms with van der Waals surface area (Å²) >= 11 is 0. The summed E-state index contributed by atoms with van der Waals surface area (Å²) in [7, 11) is 0. The Hall–Kier alpha value is -2.81. The zero-order chi connectivity index (χ0) is 20.4. The van der Waals surface area contributed by atoms with E-state index in [0.29, 0.717) is 5.56 Å². The molecule has 3 aromatic rings. The van der Waals surface area contributed by atoms with Gasteiger partial charge in [0.2, 0.25) is 0 Å². The van der Waals surface area contributed by atoms with E-state index in [-0.39, 0.29) is 11.9 Å². The lowest BCUT2D eigenvalue weighted by Crippen LogP contribution is -2.31. The van der Waals surface area contributed by atoms with Crippen molar-refractivity contribution in [2.45, 2.75) is 52.5 Å². The van der Waals surface area contributed by atoms with Crippen LogP contribution in [-0.4, -0.2) is 16.5 Å². The molecule has 0 saturated heterocycles. The van der Waals surface area contributed by atoms with E-state index in [0.717, 1.165) is 30.9 Å². The number of rotatable bonds is 5. The number of aromatic nitrogens is 1. The van der Waals surface area contributed by atoms with Crippen LogP contribution >= 0.6 is 0 Å². The van der Waals surface area contributed by atoms with Gasteiger partial charge in [0, 0.05) is 23.0 Å². The molecular weight excluding hydrogens is 356 g/mol. The number of hydrogen-bond donors (Lipinski definition) is 1. The van der Waals surface area contributed by atoms with E-state index in [1.807, 2.05) is 19.1 Å². The van der Waals surface area contributed by atoms with Crippen molar-refractivity contribution in [3.8, 4) is 16.9 Å². The number of carbonyl (C=O) groups is 1. The predicted molar refractivity (Wildman–Crippen MR) is 120 cm³/mol. The second kappa shape index (κ2) is 8.28. The van der Waals surface area contributed by atoms with Gasteiger partial charge in [0.15, 0.2) is 0 Å². The van der Waals surface area contributed by atoms with Crippen molar-refractivity contribution in [2.24, 2.45) is 5.92 Å². The molecule has 0 bridgehead atoms. The van der Waals surface area contributed by atoms with Gasteiger partial charge in [-0.05, 0) is 80.0 Å². The summed E-state index contributed by atoms with van der Waals surface area (Å²) in [4.78, 5) is 12.5. The number of amides is 1. The molecule has 1 heterocycles. The molecule has 0 fully saturated rings. The molecular formula is C26H30N2O. The van der Waals surface area contributed by atoms with Crippen molar-refractivity contribution in [3.05, 3.63) is 77.5 Å². The molecule has 1 aromatic heterocycles. The van der Waals surface area contributed by atoms with E-state index < -0.39 is 0 Å². The fraction of sp³-hybridized carbons (Fsp3) is 0.346. The molecule has 1 amide bonds. The lowest BCUT2D eigenvalue weighted by Gasteiger charge is -2.21. The second-order valence-electron chi connectivity index (χ2n) is 8.38. The first-order valence-corrected chi connectivity index (χ1v) is 10.8. The summed E-state index contributed by atoms with van der Waals surface area (Å²) in [5, 5.41) is 3.05. The molecule has 29 heavy (non-hydrogen) atoms. The number of fused-ring (bicyclic) bond motifs is 1. The van der Waals surface area contributed by atoms with Crippen LogP contribution in [0.15, 0.2) is 60.7 Å². The van der Waals surface area contributed by atoms with Gasteiger partial charge in [-0.2, -0.15) is 0 Å². The van der Waals surface area contributed by atoms with Gasteiger partial charge in [-0.25, -0.2) is 0 Å². The minimum atomic E-state index is -0.00228. The Balaban J connectivity index is 1.73. The lowest BCUT2D eigenvalue weighted by molar-refractivity contribution is 0.0939. The Labute approximate surface area is 173 Å². The number of nitrogens with one attached hydrogen (secondary N) is 1. The Kier molecular flexibility index (Phi) is 5.57. The lowest BCUT2D eigenvalue weighted by atomic mass is 9.89. The molecule has 2 atom stereocenters. The minimum absolute atomic E-state index is 0.00228. The molecule has 3 heteroatoms. The van der Waals surface area contributed by atoms with Crippen molar-refractivity contribution in [1.29, 1.82) is 0 Å². The highest BCUT2D eigenvalue weighted by Gasteiger charge is 2.23. The van der Waals surface area contributed by atoms with Gasteiger partial charge in [-0.3, -0.25) is 4.79 Å². The smallest absolute Gasteiger partial charge is 0.251 e. The van der Waals surface area contributed by atoms with Crippen LogP contribution in [0.5, 0.6) is 0 Å². The van der Waals surface area contributed by atoms with Crippen molar-refractivity contribution in [3.63, 3.8) is 0 Å². The topological polar surface area (TPSA) is 34.0 Å². The van der Waals surface area contributed by atoms with Gasteiger partial charge in [0.05, 0.1) is 5.69 Å². The first kappa shape index (κ1) is 19.5. The molecule has 0 spiro atoms. The standard InChI is InChI=1S/C26H30N2O/c1-4-19(3)27-26(29)21-11-13-23(14-12-21)28-24-15-10-18(2)16-22(24)17-25(28)20-8-6-5-7-9-20/h5-9,11-14,17-19H,4,10,15-16H2,1-3H3,(H,27,29)/t18-,19+/m1/s1. The highest BCUT2D eigenvalue weighted by atomic mass is 16.1. The van der Waals surface area contributed by atoms with Crippen molar-refractivity contribution in [2.75, 3.05) is 0 Å². The van der Waals surface area contributed by atoms with Crippen molar-refractivity contribution in [1.82, 2.24) is 9.88 Å². The van der Waals surface area contributed by atoms with Gasteiger partial charge in [-0.1, -0.05) is 44.2 Å². The molecule has 0 aliphatic heterocycles. The maximum Gasteiger partial charge on any atom is 0.251 e. The van der Waals surface area contributed by atoms with Crippen LogP contribution < -0.4 is 5.32 Å². The largest absolute Gasteiger partial charge is 0.350 e. The fourth-order valence-electron chi connectivity index (χ4n) is 4.20. The average Bonchev–Trinajstić information content (AvgIpc) is 3.12. The second-order valence-corrected chi connectivity index (χ2v) is 8.38. The van der Waals surface area contributed by atoms with E-state index in [1.165, 1.54) is 28.9 Å². The maximum atomic E-state index is 12.5. The third-order valence-electron chi connectivity index (χ3n) is 6.08. The molecule has 1 aliphatic carbocycles. The Morgan fingerprint density at radius 2 is 1.86 bits per heavy atom. The van der Waals surface area contributed by atoms with E-state index >= 15 is 0 Å². The maximum absolute atomic E-state index is 12.5. The summed E-state index contributed by atoms with van der Waals surface area (Å²) in [5.41, 5.74) is 7.18. The monoisotopic (exact) mass is 386 g/mol. The number of carbonyl (C=O) groups excluding carboxylic acids is 1. The number of nitrogens with zero attached hydrogens (tertiary/aromatic N) is 1. The van der Waals surface area contributed by atoms with Crippen LogP contribution in [0, 0.1) is 5.92 Å². The average molecular weight is 387 g/mol. The predicted octanol–water partition coefficient (Wildman–Crippen LogP) is 5.80. The highest BCUT2D eigenvalue weighted by molar-refractivity contribution is 5.94. The van der Waals surface area contributed by atoms with E-state index in [4.69, 9.17) is 0 Å². The molecule has 0 unspecified atom stereocenters. The molecule has 1 aliphatic rings. The minimum Gasteiger partial charge on any atom is -0.350 e. The van der Waals surface area contributed by atoms with E-state index in [9.17, 15) is 4.79 Å². The normalized spacial score (nSPS) is 16.9. The van der Waals surface area contributed by atoms with Crippen LogP contribution in [0.3, 0.4) is 0 Å². The SMILES string of the molecule is CC[C@H](C)NC(=O)c1ccc(-n2c(-c3ccccc3)cc3c2CC[C@@H](C)C3)cc1. The third-order valence-corrected chi connectivity index (χ3v) is 6.08. The summed E-state index contributed by atoms with van der Waals surface area (Å²) in [6.07, 6.45) is 4.38. The van der Waals surface area contributed by atoms with Gasteiger partial charge in [0.25, 0.3) is 5.91 Å². The van der Waals surface area contributed by atoms with Crippen LogP contribution in [0.2, 0.25) is 0 Å². The summed E-state index contributed by atoms with van der Waals surface area (Å²) in [6.45, 7) is 6.45. The van der Waals surface area contributed by atoms with Gasteiger partial charge >= 0.3 is 0 Å². The molecule has 4 rings (SSSR count). The van der Waals surface area contributed by atoms with E-state index in [1.54, 1.807) is 0 Å². The van der Waals surface area contributed by atoms with Crippen molar-refractivity contribution >= 4 is 5.91 Å². The first-order chi connectivity index (χ1) is 14.1. The third kappa shape index (κ3) is 4.00. The molecule has 0 saturated carbocycles. The van der Waals surface area contributed by atoms with Crippen LogP contribution in [0.1, 0.15) is 55.2 Å². The van der Waals surface area contributed by atoms with Crippen LogP contribution in [0.4, 0.5) is 0 Å². The first-order valence-electron chi connectivity index (χ1n) is 10.8. The van der Waals surface area contributed by atoms with Gasteiger partial charge in [0.1, 0.15) is 0 Å². The molecule has 1 N–H and O–H groups in total. The molecule has 0 radical (unpaired) electrons. The fourth-order valence-corrected chi connectivity index (χ4v) is 4.20. The van der Waals surface area contributed by atoms with Crippen molar-refractivity contribution < 1.29 is 4.79 Å². The van der Waals surface area contributed by atoms with Gasteiger partial charge < -0.3 is 9.88 Å². The van der Waals surface area contributed by atoms with Crippen LogP contribution in [-0.2, 0) is 12.8 Å². The zero-order valence-corrected chi connectivity index (χ0v) is 17.6. The quantitative estimate of drug-likeness (QED) is 0.591. The van der Waals surface area contributed by atoms with E-state index in [2.05, 4.69) is 72.3 Å². The summed E-state index contributed by atoms with van der Waals surface area (Å²) < 4.78 is 2.40. The molecule has 150 valence electrons. The Bertz CT molecular complexity index is 986.